The van der Waals surface area contributed by atoms with Gasteiger partial charge in [-0.15, -0.1) is 0 Å². The van der Waals surface area contributed by atoms with Crippen molar-refractivity contribution in [3.8, 4) is 0 Å². The molecule has 0 aromatic heterocycles. The molecule has 6 aliphatic rings. The Labute approximate surface area is 249 Å². The zero-order chi connectivity index (χ0) is 30.2. The summed E-state index contributed by atoms with van der Waals surface area (Å²) in [7, 11) is 0. The molecule has 5 fully saturated rings. The van der Waals surface area contributed by atoms with Crippen LogP contribution >= 0.6 is 0 Å². The van der Waals surface area contributed by atoms with Crippen molar-refractivity contribution in [2.24, 2.45) is 46.3 Å². The van der Waals surface area contributed by atoms with Crippen LogP contribution in [-0.4, -0.2) is 87.1 Å². The fourth-order valence-corrected chi connectivity index (χ4v) is 10.6. The number of fused-ring (bicyclic) bond motifs is 7. The Morgan fingerprint density at radius 2 is 1.81 bits per heavy atom. The molecule has 5 N–H and O–H groups in total. The van der Waals surface area contributed by atoms with Crippen molar-refractivity contribution in [1.29, 1.82) is 0 Å². The summed E-state index contributed by atoms with van der Waals surface area (Å²) in [6.45, 7) is 9.57. The van der Waals surface area contributed by atoms with E-state index in [1.807, 2.05) is 0 Å². The Hall–Kier alpha value is -1.07. The fourth-order valence-electron chi connectivity index (χ4n) is 10.6. The Bertz CT molecular complexity index is 1050. The van der Waals surface area contributed by atoms with Gasteiger partial charge in [0.25, 0.3) is 0 Å². The molecule has 4 aliphatic carbocycles. The average molecular weight is 593 g/mol. The second-order valence-corrected chi connectivity index (χ2v) is 15.3. The highest BCUT2D eigenvalue weighted by atomic mass is 16.7. The van der Waals surface area contributed by atoms with Crippen molar-refractivity contribution in [2.75, 3.05) is 13.2 Å². The fraction of sp³-hybridized carbons (Fsp3) is 0.909. The van der Waals surface area contributed by atoms with E-state index in [2.05, 4.69) is 33.8 Å². The van der Waals surface area contributed by atoms with Gasteiger partial charge in [-0.05, 0) is 85.4 Å². The topological polar surface area (TPSA) is 146 Å². The van der Waals surface area contributed by atoms with E-state index in [0.717, 1.165) is 32.3 Å². The molecule has 238 valence electrons. The first-order chi connectivity index (χ1) is 19.8. The maximum Gasteiger partial charge on any atom is 0.338 e. The van der Waals surface area contributed by atoms with Crippen molar-refractivity contribution in [1.82, 2.24) is 0 Å². The summed E-state index contributed by atoms with van der Waals surface area (Å²) >= 11 is 0. The average Bonchev–Trinajstić information content (AvgIpc) is 3.42. The first kappa shape index (κ1) is 30.9. The van der Waals surface area contributed by atoms with Gasteiger partial charge in [0.15, 0.2) is 11.9 Å². The number of aliphatic hydroxyl groups is 5. The quantitative estimate of drug-likeness (QED) is 0.232. The van der Waals surface area contributed by atoms with E-state index in [1.165, 1.54) is 24.8 Å². The van der Waals surface area contributed by atoms with Gasteiger partial charge in [-0.25, -0.2) is 4.79 Å². The Morgan fingerprint density at radius 1 is 1.05 bits per heavy atom. The van der Waals surface area contributed by atoms with E-state index >= 15 is 0 Å². The third kappa shape index (κ3) is 4.72. The van der Waals surface area contributed by atoms with E-state index in [4.69, 9.17) is 19.3 Å². The van der Waals surface area contributed by atoms with Gasteiger partial charge in [0.2, 0.25) is 0 Å². The third-order valence-corrected chi connectivity index (χ3v) is 13.1. The number of carbonyl (C=O) groups is 1. The SMILES string of the molecule is C[C@@H]1CC[C@]2(OC1)OC1CC3C4CC=C5CC(OC(=O)[C@@H](O)[C@@H](O)[C@H](O)[C@H](O)CO)CCC5(C)C4CCC3(C)C1[C@@H]2C. The summed E-state index contributed by atoms with van der Waals surface area (Å²) in [5.41, 5.74) is 1.62. The number of allylic oxidation sites excluding steroid dienone is 1. The second kappa shape index (κ2) is 11.1. The van der Waals surface area contributed by atoms with Gasteiger partial charge in [0.05, 0.1) is 19.3 Å². The van der Waals surface area contributed by atoms with E-state index in [0.29, 0.717) is 48.3 Å². The highest BCUT2D eigenvalue weighted by Crippen LogP contribution is 2.70. The first-order valence-electron chi connectivity index (χ1n) is 16.4. The molecule has 2 aliphatic heterocycles. The number of esters is 1. The molecule has 6 rings (SSSR count). The van der Waals surface area contributed by atoms with Crippen LogP contribution in [0.1, 0.15) is 85.5 Å². The second-order valence-electron chi connectivity index (χ2n) is 15.3. The molecule has 0 aromatic rings. The molecule has 15 atom stereocenters. The molecule has 2 saturated heterocycles. The predicted octanol–water partition coefficient (Wildman–Crippen LogP) is 2.70. The standard InChI is InChI=1S/C33H52O9/c1-17-7-12-33(40-16-17)18(2)26-25(42-33)14-23-21-6-5-19-13-20(8-10-31(19,3)22(21)9-11-32(23,26)4)41-30(39)29(38)28(37)27(36)24(35)15-34/h5,17-18,20-29,34-38H,6-16H2,1-4H3/t17-,18+,20?,21?,22?,23?,24-,25?,26?,27-,28+,29+,31?,32?,33+/m1/s1. The number of hydrogen-bond acceptors (Lipinski definition) is 9. The first-order valence-corrected chi connectivity index (χ1v) is 16.4. The van der Waals surface area contributed by atoms with Crippen molar-refractivity contribution >= 4 is 5.97 Å². The van der Waals surface area contributed by atoms with Gasteiger partial charge in [-0.3, -0.25) is 0 Å². The summed E-state index contributed by atoms with van der Waals surface area (Å²) in [5, 5.41) is 48.8. The van der Waals surface area contributed by atoms with Crippen LogP contribution in [0.25, 0.3) is 0 Å². The van der Waals surface area contributed by atoms with Gasteiger partial charge in [-0.1, -0.05) is 39.3 Å². The van der Waals surface area contributed by atoms with Gasteiger partial charge >= 0.3 is 5.97 Å². The molecule has 0 radical (unpaired) electrons. The molecule has 0 aromatic carbocycles. The highest BCUT2D eigenvalue weighted by molar-refractivity contribution is 5.75. The molecule has 0 amide bonds. The smallest absolute Gasteiger partial charge is 0.338 e. The molecule has 1 spiro atoms. The summed E-state index contributed by atoms with van der Waals surface area (Å²) in [6, 6.07) is 0. The zero-order valence-electron chi connectivity index (χ0n) is 25.7. The summed E-state index contributed by atoms with van der Waals surface area (Å²) in [4.78, 5) is 12.6. The highest BCUT2D eigenvalue weighted by Gasteiger charge is 2.68. The summed E-state index contributed by atoms with van der Waals surface area (Å²) < 4.78 is 19.0. The van der Waals surface area contributed by atoms with Crippen LogP contribution in [0.3, 0.4) is 0 Å². The molecule has 42 heavy (non-hydrogen) atoms. The maximum atomic E-state index is 12.6. The maximum absolute atomic E-state index is 12.6. The summed E-state index contributed by atoms with van der Waals surface area (Å²) in [5.74, 6) is 1.92. The van der Waals surface area contributed by atoms with E-state index in [9.17, 15) is 25.2 Å². The van der Waals surface area contributed by atoms with Crippen molar-refractivity contribution in [3.05, 3.63) is 11.6 Å². The monoisotopic (exact) mass is 592 g/mol. The minimum Gasteiger partial charge on any atom is -0.460 e. The molecule has 9 heteroatoms. The number of rotatable bonds is 6. The van der Waals surface area contributed by atoms with Gasteiger partial charge in [0, 0.05) is 18.8 Å². The molecule has 0 bridgehead atoms. The van der Waals surface area contributed by atoms with Crippen LogP contribution in [0.2, 0.25) is 0 Å². The Morgan fingerprint density at radius 3 is 2.50 bits per heavy atom. The largest absolute Gasteiger partial charge is 0.460 e. The van der Waals surface area contributed by atoms with Gasteiger partial charge in [0.1, 0.15) is 24.4 Å². The van der Waals surface area contributed by atoms with E-state index in [-0.39, 0.29) is 16.9 Å². The summed E-state index contributed by atoms with van der Waals surface area (Å²) in [6.07, 6.45) is 3.60. The van der Waals surface area contributed by atoms with Crippen LogP contribution in [0.5, 0.6) is 0 Å². The van der Waals surface area contributed by atoms with Crippen molar-refractivity contribution in [2.45, 2.75) is 128 Å². The van der Waals surface area contributed by atoms with Crippen LogP contribution < -0.4 is 0 Å². The number of aliphatic hydroxyl groups excluding tert-OH is 5. The van der Waals surface area contributed by atoms with Crippen molar-refractivity contribution in [3.63, 3.8) is 0 Å². The minimum atomic E-state index is -2.01. The zero-order valence-corrected chi connectivity index (χ0v) is 25.7. The van der Waals surface area contributed by atoms with Crippen LogP contribution in [-0.2, 0) is 19.0 Å². The Balaban J connectivity index is 1.12. The van der Waals surface area contributed by atoms with Crippen molar-refractivity contribution < 1.29 is 44.5 Å². The van der Waals surface area contributed by atoms with E-state index in [1.54, 1.807) is 0 Å². The van der Waals surface area contributed by atoms with Gasteiger partial charge < -0.3 is 39.7 Å². The molecular formula is C33H52O9. The molecular weight excluding hydrogens is 540 g/mol. The molecule has 9 nitrogen and oxygen atoms in total. The number of carbonyl (C=O) groups excluding carboxylic acids is 1. The Kier molecular flexibility index (Phi) is 8.16. The lowest BCUT2D eigenvalue weighted by molar-refractivity contribution is -0.272. The molecule has 3 saturated carbocycles. The van der Waals surface area contributed by atoms with Crippen LogP contribution in [0.15, 0.2) is 11.6 Å². The minimum absolute atomic E-state index is 0.0424. The lowest BCUT2D eigenvalue weighted by atomic mass is 9.47. The van der Waals surface area contributed by atoms with E-state index < -0.39 is 48.9 Å². The predicted molar refractivity (Wildman–Crippen MR) is 153 cm³/mol. The third-order valence-electron chi connectivity index (χ3n) is 13.1. The number of ether oxygens (including phenoxy) is 3. The normalized spacial score (nSPS) is 49.1. The van der Waals surface area contributed by atoms with Crippen LogP contribution in [0, 0.1) is 46.3 Å². The van der Waals surface area contributed by atoms with Crippen LogP contribution in [0.4, 0.5) is 0 Å². The lowest BCUT2D eigenvalue weighted by Gasteiger charge is -2.58. The van der Waals surface area contributed by atoms with Gasteiger partial charge in [-0.2, -0.15) is 0 Å². The molecule has 2 heterocycles. The number of hydrogen-bond donors (Lipinski definition) is 5. The lowest BCUT2D eigenvalue weighted by Crippen LogP contribution is -2.53. The molecule has 8 unspecified atom stereocenters.